The number of likely N-dealkylation sites (tertiary alicyclic amines) is 1. The van der Waals surface area contributed by atoms with Crippen molar-refractivity contribution in [1.29, 1.82) is 0 Å². The van der Waals surface area contributed by atoms with Crippen molar-refractivity contribution in [2.75, 3.05) is 32.8 Å². The molecule has 0 amide bonds. The second-order valence-corrected chi connectivity index (χ2v) is 5.90. The predicted octanol–water partition coefficient (Wildman–Crippen LogP) is 1.73. The van der Waals surface area contributed by atoms with Crippen molar-refractivity contribution in [2.24, 2.45) is 5.73 Å². The van der Waals surface area contributed by atoms with Crippen LogP contribution in [0.25, 0.3) is 0 Å². The van der Waals surface area contributed by atoms with Crippen molar-refractivity contribution in [3.05, 3.63) is 23.8 Å². The second-order valence-electron chi connectivity index (χ2n) is 5.63. The van der Waals surface area contributed by atoms with Crippen molar-refractivity contribution in [3.63, 3.8) is 0 Å². The molecule has 21 heavy (non-hydrogen) atoms. The van der Waals surface area contributed by atoms with Crippen LogP contribution in [0.3, 0.4) is 0 Å². The molecule has 2 heterocycles. The number of rotatable bonds is 5. The van der Waals surface area contributed by atoms with E-state index in [1.807, 2.05) is 18.2 Å². The Morgan fingerprint density at radius 1 is 1.19 bits per heavy atom. The first-order valence-corrected chi connectivity index (χ1v) is 7.98. The molecule has 116 valence electrons. The summed E-state index contributed by atoms with van der Waals surface area (Å²) in [5, 5.41) is 0. The molecule has 1 aromatic carbocycles. The maximum Gasteiger partial charge on any atom is 0.161 e. The van der Waals surface area contributed by atoms with Crippen LogP contribution < -0.4 is 15.2 Å². The van der Waals surface area contributed by atoms with Gasteiger partial charge in [0.2, 0.25) is 0 Å². The molecular formula is C15H23N2O3P. The summed E-state index contributed by atoms with van der Waals surface area (Å²) in [7, 11) is 2.34. The number of fused-ring (bicyclic) bond motifs is 1. The number of hydrogen-bond donors (Lipinski definition) is 1. The molecular weight excluding hydrogens is 287 g/mol. The summed E-state index contributed by atoms with van der Waals surface area (Å²) in [4.78, 5) is 2.40. The monoisotopic (exact) mass is 310 g/mol. The Bertz CT molecular complexity index is 480. The number of ether oxygens (including phenoxy) is 2. The predicted molar refractivity (Wildman–Crippen MR) is 84.6 cm³/mol. The van der Waals surface area contributed by atoms with Gasteiger partial charge in [-0.15, -0.1) is 0 Å². The molecule has 0 radical (unpaired) electrons. The summed E-state index contributed by atoms with van der Waals surface area (Å²) < 4.78 is 16.8. The highest BCUT2D eigenvalue weighted by Gasteiger charge is 2.25. The van der Waals surface area contributed by atoms with Gasteiger partial charge in [0, 0.05) is 22.1 Å². The first-order chi connectivity index (χ1) is 10.3. The first kappa shape index (κ1) is 15.0. The van der Waals surface area contributed by atoms with E-state index in [9.17, 15) is 0 Å². The normalized spacial score (nSPS) is 21.2. The number of nitrogens with zero attached hydrogens (tertiary/aromatic N) is 1. The molecule has 0 bridgehead atoms. The van der Waals surface area contributed by atoms with Gasteiger partial charge in [-0.3, -0.25) is 0 Å². The zero-order chi connectivity index (χ0) is 14.7. The van der Waals surface area contributed by atoms with Crippen molar-refractivity contribution in [1.82, 2.24) is 4.90 Å². The highest BCUT2D eigenvalue weighted by molar-refractivity contribution is 7.09. The molecule has 0 saturated carbocycles. The SMILES string of the molecule is NC(CN1CCCC1)C(OP)c1ccc2c(c1)OCCO2. The summed E-state index contributed by atoms with van der Waals surface area (Å²) >= 11 is 0. The molecule has 1 saturated heterocycles. The number of benzene rings is 1. The maximum atomic E-state index is 6.36. The van der Waals surface area contributed by atoms with Crippen molar-refractivity contribution in [2.45, 2.75) is 25.0 Å². The Morgan fingerprint density at radius 2 is 1.90 bits per heavy atom. The van der Waals surface area contributed by atoms with Gasteiger partial charge in [-0.1, -0.05) is 6.07 Å². The summed E-state index contributed by atoms with van der Waals surface area (Å²) in [6, 6.07) is 5.85. The van der Waals surface area contributed by atoms with E-state index in [1.54, 1.807) is 0 Å². The van der Waals surface area contributed by atoms with E-state index in [2.05, 4.69) is 14.4 Å². The van der Waals surface area contributed by atoms with E-state index < -0.39 is 0 Å². The van der Waals surface area contributed by atoms with E-state index in [0.717, 1.165) is 36.7 Å². The minimum atomic E-state index is -0.161. The van der Waals surface area contributed by atoms with Crippen LogP contribution in [-0.2, 0) is 4.52 Å². The quantitative estimate of drug-likeness (QED) is 0.839. The Morgan fingerprint density at radius 3 is 2.62 bits per heavy atom. The fourth-order valence-electron chi connectivity index (χ4n) is 3.02. The van der Waals surface area contributed by atoms with Crippen LogP contribution in [0, 0.1) is 0 Å². The maximum absolute atomic E-state index is 6.36. The molecule has 1 aromatic rings. The van der Waals surface area contributed by atoms with E-state index in [-0.39, 0.29) is 12.1 Å². The first-order valence-electron chi connectivity index (χ1n) is 7.51. The van der Waals surface area contributed by atoms with Gasteiger partial charge in [-0.05, 0) is 43.6 Å². The smallest absolute Gasteiger partial charge is 0.161 e. The molecule has 0 aromatic heterocycles. The molecule has 3 atom stereocenters. The van der Waals surface area contributed by atoms with Crippen LogP contribution in [-0.4, -0.2) is 43.8 Å². The summed E-state index contributed by atoms with van der Waals surface area (Å²) in [6.45, 7) is 4.32. The minimum Gasteiger partial charge on any atom is -0.486 e. The van der Waals surface area contributed by atoms with E-state index >= 15 is 0 Å². The fraction of sp³-hybridized carbons (Fsp3) is 0.600. The standard InChI is InChI=1S/C15H23N2O3P/c16-12(10-17-5-1-2-6-17)15(20-21)11-3-4-13-14(9-11)19-8-7-18-13/h3-4,9,12,15H,1-2,5-8,10,16,21H2. The summed E-state index contributed by atoms with van der Waals surface area (Å²) in [6.07, 6.45) is 2.37. The summed E-state index contributed by atoms with van der Waals surface area (Å²) in [5.41, 5.74) is 7.39. The Hall–Kier alpha value is -0.870. The molecule has 6 heteroatoms. The Labute approximate surface area is 128 Å². The van der Waals surface area contributed by atoms with Gasteiger partial charge in [0.05, 0.1) is 0 Å². The molecule has 5 nitrogen and oxygen atoms in total. The highest BCUT2D eigenvalue weighted by atomic mass is 31.0. The van der Waals surface area contributed by atoms with E-state index in [4.69, 9.17) is 19.7 Å². The second kappa shape index (κ2) is 6.93. The average Bonchev–Trinajstić information content (AvgIpc) is 3.01. The third kappa shape index (κ3) is 3.49. The van der Waals surface area contributed by atoms with Crippen LogP contribution in [0.4, 0.5) is 0 Å². The summed E-state index contributed by atoms with van der Waals surface area (Å²) in [5.74, 6) is 1.57. The molecule has 0 spiro atoms. The lowest BCUT2D eigenvalue weighted by Crippen LogP contribution is -2.40. The zero-order valence-electron chi connectivity index (χ0n) is 12.2. The third-order valence-corrected chi connectivity index (χ3v) is 4.39. The van der Waals surface area contributed by atoms with Gasteiger partial charge in [0.15, 0.2) is 11.5 Å². The van der Waals surface area contributed by atoms with E-state index in [1.165, 1.54) is 12.8 Å². The van der Waals surface area contributed by atoms with Gasteiger partial charge < -0.3 is 24.6 Å². The van der Waals surface area contributed by atoms with Gasteiger partial charge in [-0.2, -0.15) is 0 Å². The van der Waals surface area contributed by atoms with Crippen LogP contribution in [0.5, 0.6) is 11.5 Å². The lowest BCUT2D eigenvalue weighted by molar-refractivity contribution is 0.163. The van der Waals surface area contributed by atoms with Gasteiger partial charge in [-0.25, -0.2) is 0 Å². The number of nitrogens with two attached hydrogens (primary N) is 1. The molecule has 2 aliphatic heterocycles. The van der Waals surface area contributed by atoms with Crippen molar-refractivity contribution < 1.29 is 14.0 Å². The average molecular weight is 310 g/mol. The van der Waals surface area contributed by atoms with Crippen LogP contribution >= 0.6 is 9.47 Å². The largest absolute Gasteiger partial charge is 0.486 e. The molecule has 0 aliphatic carbocycles. The van der Waals surface area contributed by atoms with Crippen molar-refractivity contribution >= 4 is 9.47 Å². The highest BCUT2D eigenvalue weighted by Crippen LogP contribution is 2.35. The third-order valence-electron chi connectivity index (χ3n) is 4.10. The van der Waals surface area contributed by atoms with Crippen LogP contribution in [0.1, 0.15) is 24.5 Å². The molecule has 1 fully saturated rings. The van der Waals surface area contributed by atoms with E-state index in [0.29, 0.717) is 13.2 Å². The van der Waals surface area contributed by atoms with Crippen LogP contribution in [0.15, 0.2) is 18.2 Å². The van der Waals surface area contributed by atoms with Gasteiger partial charge in [0.1, 0.15) is 19.3 Å². The molecule has 2 aliphatic rings. The Kier molecular flexibility index (Phi) is 4.96. The fourth-order valence-corrected chi connectivity index (χ4v) is 3.38. The zero-order valence-corrected chi connectivity index (χ0v) is 13.3. The molecule has 3 unspecified atom stereocenters. The Balaban J connectivity index is 1.72. The van der Waals surface area contributed by atoms with Crippen molar-refractivity contribution in [3.8, 4) is 11.5 Å². The van der Waals surface area contributed by atoms with Gasteiger partial charge >= 0.3 is 0 Å². The van der Waals surface area contributed by atoms with Crippen LogP contribution in [0.2, 0.25) is 0 Å². The minimum absolute atomic E-state index is 0.0665. The lowest BCUT2D eigenvalue weighted by atomic mass is 10.0. The van der Waals surface area contributed by atoms with Gasteiger partial charge in [0.25, 0.3) is 0 Å². The molecule has 2 N–H and O–H groups in total. The lowest BCUT2D eigenvalue weighted by Gasteiger charge is -2.28. The molecule has 3 rings (SSSR count). The topological polar surface area (TPSA) is 57.0 Å². The number of hydrogen-bond acceptors (Lipinski definition) is 5.